The van der Waals surface area contributed by atoms with E-state index in [1.807, 2.05) is 0 Å². The summed E-state index contributed by atoms with van der Waals surface area (Å²) in [5.41, 5.74) is 3.17. The smallest absolute Gasteiger partial charge is 0.255 e. The Balaban J connectivity index is 1.56. The van der Waals surface area contributed by atoms with Crippen LogP contribution < -0.4 is 10.5 Å². The van der Waals surface area contributed by atoms with Crippen LogP contribution in [-0.4, -0.2) is 39.1 Å². The highest BCUT2D eigenvalue weighted by Crippen LogP contribution is 2.22. The van der Waals surface area contributed by atoms with Crippen molar-refractivity contribution < 1.29 is 0 Å². The predicted octanol–water partition coefficient (Wildman–Crippen LogP) is 1.90. The maximum atomic E-state index is 12.5. The molecular formula is C19H27N5O. The number of rotatable bonds is 3. The molecule has 6 nitrogen and oxygen atoms in total. The van der Waals surface area contributed by atoms with Crippen molar-refractivity contribution >= 4 is 5.95 Å². The second-order valence-electron chi connectivity index (χ2n) is 7.58. The Labute approximate surface area is 148 Å². The standard InChI is InChI=1S/C19H27N5O/c1-14-5-3-9-24(11-14)19-20-17-13-23(10-7-16(17)18(25)21-19)12-15-6-4-8-22(15)2/h4,6,8,14H,3,5,7,9-13H2,1-2H3,(H,20,21,25)/t14-/m1/s1. The van der Waals surface area contributed by atoms with E-state index in [9.17, 15) is 4.79 Å². The first-order chi connectivity index (χ1) is 12.1. The average molecular weight is 341 g/mol. The third-order valence-corrected chi connectivity index (χ3v) is 5.53. The molecule has 1 saturated heterocycles. The average Bonchev–Trinajstić information content (AvgIpc) is 2.99. The number of anilines is 1. The van der Waals surface area contributed by atoms with E-state index in [1.165, 1.54) is 18.5 Å². The fourth-order valence-electron chi connectivity index (χ4n) is 4.04. The van der Waals surface area contributed by atoms with Crippen LogP contribution in [0.5, 0.6) is 0 Å². The number of fused-ring (bicyclic) bond motifs is 1. The summed E-state index contributed by atoms with van der Waals surface area (Å²) in [6.07, 6.45) is 5.28. The van der Waals surface area contributed by atoms with E-state index in [4.69, 9.17) is 4.98 Å². The Bertz CT molecular complexity index is 808. The molecule has 0 saturated carbocycles. The molecule has 0 aliphatic carbocycles. The molecule has 1 fully saturated rings. The highest BCUT2D eigenvalue weighted by molar-refractivity contribution is 5.35. The number of piperidine rings is 1. The Morgan fingerprint density at radius 1 is 1.36 bits per heavy atom. The van der Waals surface area contributed by atoms with Gasteiger partial charge in [-0.3, -0.25) is 14.7 Å². The normalized spacial score (nSPS) is 21.4. The van der Waals surface area contributed by atoms with Gasteiger partial charge in [0.25, 0.3) is 5.56 Å². The van der Waals surface area contributed by atoms with E-state index in [-0.39, 0.29) is 5.56 Å². The number of hydrogen-bond acceptors (Lipinski definition) is 4. The Hall–Kier alpha value is -2.08. The second kappa shape index (κ2) is 6.67. The minimum atomic E-state index is 0.0525. The maximum Gasteiger partial charge on any atom is 0.255 e. The van der Waals surface area contributed by atoms with Crippen molar-refractivity contribution in [1.29, 1.82) is 0 Å². The number of hydrogen-bond donors (Lipinski definition) is 1. The van der Waals surface area contributed by atoms with Crippen molar-refractivity contribution in [3.8, 4) is 0 Å². The van der Waals surface area contributed by atoms with Gasteiger partial charge < -0.3 is 9.47 Å². The highest BCUT2D eigenvalue weighted by Gasteiger charge is 2.24. The van der Waals surface area contributed by atoms with Gasteiger partial charge in [-0.2, -0.15) is 0 Å². The molecule has 4 heterocycles. The SMILES string of the molecule is C[C@@H]1CCCN(c2nc3c(c(=O)[nH]2)CCN(Cc2cccn2C)C3)C1. The molecule has 2 aromatic heterocycles. The minimum absolute atomic E-state index is 0.0525. The lowest BCUT2D eigenvalue weighted by molar-refractivity contribution is 0.235. The van der Waals surface area contributed by atoms with Gasteiger partial charge in [0.15, 0.2) is 0 Å². The number of nitrogens with one attached hydrogen (secondary N) is 1. The van der Waals surface area contributed by atoms with Crippen LogP contribution in [0.2, 0.25) is 0 Å². The van der Waals surface area contributed by atoms with Crippen molar-refractivity contribution in [2.75, 3.05) is 24.5 Å². The Morgan fingerprint density at radius 2 is 2.24 bits per heavy atom. The lowest BCUT2D eigenvalue weighted by Gasteiger charge is -2.33. The molecule has 6 heteroatoms. The molecule has 0 spiro atoms. The zero-order valence-corrected chi connectivity index (χ0v) is 15.2. The van der Waals surface area contributed by atoms with Gasteiger partial charge in [-0.15, -0.1) is 0 Å². The molecule has 1 atom stereocenters. The van der Waals surface area contributed by atoms with Crippen LogP contribution in [-0.2, 0) is 26.6 Å². The fourth-order valence-corrected chi connectivity index (χ4v) is 4.04. The molecule has 25 heavy (non-hydrogen) atoms. The second-order valence-corrected chi connectivity index (χ2v) is 7.58. The maximum absolute atomic E-state index is 12.5. The van der Waals surface area contributed by atoms with Crippen LogP contribution in [0.4, 0.5) is 5.95 Å². The summed E-state index contributed by atoms with van der Waals surface area (Å²) >= 11 is 0. The summed E-state index contributed by atoms with van der Waals surface area (Å²) in [7, 11) is 2.08. The van der Waals surface area contributed by atoms with E-state index in [1.54, 1.807) is 0 Å². The van der Waals surface area contributed by atoms with Crippen LogP contribution in [0.3, 0.4) is 0 Å². The first-order valence-corrected chi connectivity index (χ1v) is 9.29. The fraction of sp³-hybridized carbons (Fsp3) is 0.579. The molecule has 2 aliphatic rings. The van der Waals surface area contributed by atoms with Crippen molar-refractivity contribution in [2.24, 2.45) is 13.0 Å². The van der Waals surface area contributed by atoms with Gasteiger partial charge in [0.2, 0.25) is 5.95 Å². The third kappa shape index (κ3) is 3.35. The van der Waals surface area contributed by atoms with Gasteiger partial charge in [-0.25, -0.2) is 4.98 Å². The molecule has 0 radical (unpaired) electrons. The van der Waals surface area contributed by atoms with Crippen LogP contribution in [0.25, 0.3) is 0 Å². The number of aromatic nitrogens is 3. The minimum Gasteiger partial charge on any atom is -0.353 e. The lowest BCUT2D eigenvalue weighted by Crippen LogP contribution is -2.39. The van der Waals surface area contributed by atoms with E-state index in [0.29, 0.717) is 5.92 Å². The van der Waals surface area contributed by atoms with E-state index in [0.717, 1.165) is 56.4 Å². The van der Waals surface area contributed by atoms with E-state index < -0.39 is 0 Å². The first-order valence-electron chi connectivity index (χ1n) is 9.29. The van der Waals surface area contributed by atoms with Gasteiger partial charge in [-0.1, -0.05) is 6.92 Å². The number of H-pyrrole nitrogens is 1. The zero-order valence-electron chi connectivity index (χ0n) is 15.2. The molecule has 0 aromatic carbocycles. The highest BCUT2D eigenvalue weighted by atomic mass is 16.1. The first kappa shape index (κ1) is 16.4. The van der Waals surface area contributed by atoms with Gasteiger partial charge in [0.1, 0.15) is 0 Å². The molecular weight excluding hydrogens is 314 g/mol. The number of aryl methyl sites for hydroxylation is 1. The van der Waals surface area contributed by atoms with Crippen molar-refractivity contribution in [2.45, 2.75) is 39.3 Å². The Kier molecular flexibility index (Phi) is 4.37. The van der Waals surface area contributed by atoms with Gasteiger partial charge >= 0.3 is 0 Å². The monoisotopic (exact) mass is 341 g/mol. The zero-order chi connectivity index (χ0) is 17.4. The summed E-state index contributed by atoms with van der Waals surface area (Å²) < 4.78 is 2.15. The summed E-state index contributed by atoms with van der Waals surface area (Å²) in [5.74, 6) is 1.42. The van der Waals surface area contributed by atoms with Crippen LogP contribution in [0, 0.1) is 5.92 Å². The van der Waals surface area contributed by atoms with Crippen LogP contribution in [0.15, 0.2) is 23.1 Å². The van der Waals surface area contributed by atoms with Crippen molar-refractivity contribution in [3.05, 3.63) is 45.6 Å². The largest absolute Gasteiger partial charge is 0.353 e. The third-order valence-electron chi connectivity index (χ3n) is 5.53. The van der Waals surface area contributed by atoms with Crippen LogP contribution >= 0.6 is 0 Å². The van der Waals surface area contributed by atoms with Gasteiger partial charge in [0, 0.05) is 57.2 Å². The molecule has 134 valence electrons. The van der Waals surface area contributed by atoms with Gasteiger partial charge in [0.05, 0.1) is 5.69 Å². The molecule has 0 bridgehead atoms. The molecule has 1 N–H and O–H groups in total. The molecule has 2 aromatic rings. The van der Waals surface area contributed by atoms with Crippen molar-refractivity contribution in [1.82, 2.24) is 19.4 Å². The molecule has 2 aliphatic heterocycles. The molecule has 0 amide bonds. The summed E-state index contributed by atoms with van der Waals surface area (Å²) in [6, 6.07) is 4.23. The van der Waals surface area contributed by atoms with Crippen LogP contribution in [0.1, 0.15) is 36.7 Å². The molecule has 0 unspecified atom stereocenters. The summed E-state index contributed by atoms with van der Waals surface area (Å²) in [4.78, 5) is 25.1. The van der Waals surface area contributed by atoms with E-state index >= 15 is 0 Å². The van der Waals surface area contributed by atoms with E-state index in [2.05, 4.69) is 51.7 Å². The number of nitrogens with zero attached hydrogens (tertiary/aromatic N) is 4. The summed E-state index contributed by atoms with van der Waals surface area (Å²) in [5, 5.41) is 0. The quantitative estimate of drug-likeness (QED) is 0.926. The van der Waals surface area contributed by atoms with Crippen molar-refractivity contribution in [3.63, 3.8) is 0 Å². The predicted molar refractivity (Wildman–Crippen MR) is 98.7 cm³/mol. The summed E-state index contributed by atoms with van der Waals surface area (Å²) in [6.45, 7) is 6.79. The molecule has 4 rings (SSSR count). The Morgan fingerprint density at radius 3 is 3.00 bits per heavy atom. The number of aromatic amines is 1. The van der Waals surface area contributed by atoms with Gasteiger partial charge in [-0.05, 0) is 37.3 Å². The lowest BCUT2D eigenvalue weighted by atomic mass is 10.0. The topological polar surface area (TPSA) is 57.2 Å².